The minimum atomic E-state index is -1.21. The van der Waals surface area contributed by atoms with Crippen LogP contribution in [0.2, 0.25) is 5.02 Å². The highest BCUT2D eigenvalue weighted by Crippen LogP contribution is 2.21. The highest BCUT2D eigenvalue weighted by Gasteiger charge is 2.22. The van der Waals surface area contributed by atoms with Crippen molar-refractivity contribution >= 4 is 35.1 Å². The topological polar surface area (TPSA) is 106 Å². The zero-order valence-corrected chi connectivity index (χ0v) is 14.0. The number of anilines is 1. The van der Waals surface area contributed by atoms with E-state index in [9.17, 15) is 14.4 Å². The highest BCUT2D eigenvalue weighted by atomic mass is 35.5. The smallest absolute Gasteiger partial charge is 0.339 e. The highest BCUT2D eigenvalue weighted by molar-refractivity contribution is 6.33. The summed E-state index contributed by atoms with van der Waals surface area (Å²) in [7, 11) is 0. The molecule has 0 radical (unpaired) electrons. The van der Waals surface area contributed by atoms with Crippen molar-refractivity contribution in [3.05, 3.63) is 58.9 Å². The number of carbonyl (C=O) groups is 3. The first-order valence-electron chi connectivity index (χ1n) is 7.37. The Kier molecular flexibility index (Phi) is 6.08. The molecular formula is C17H15ClN2O5. The molecule has 8 heteroatoms. The molecular weight excluding hydrogens is 348 g/mol. The summed E-state index contributed by atoms with van der Waals surface area (Å²) in [6, 6.07) is 7.02. The van der Waals surface area contributed by atoms with E-state index in [2.05, 4.69) is 10.3 Å². The van der Waals surface area contributed by atoms with Gasteiger partial charge < -0.3 is 15.2 Å². The van der Waals surface area contributed by atoms with Gasteiger partial charge in [0.15, 0.2) is 6.10 Å². The van der Waals surface area contributed by atoms with Gasteiger partial charge in [-0.1, -0.05) is 18.5 Å². The summed E-state index contributed by atoms with van der Waals surface area (Å²) in [5.41, 5.74) is 0.382. The van der Waals surface area contributed by atoms with Crippen molar-refractivity contribution < 1.29 is 24.2 Å². The second kappa shape index (κ2) is 8.25. The zero-order valence-electron chi connectivity index (χ0n) is 13.2. The molecule has 2 rings (SSSR count). The molecule has 1 heterocycles. The minimum absolute atomic E-state index is 0.0571. The fourth-order valence-electron chi connectivity index (χ4n) is 2.00. The average molecular weight is 363 g/mol. The quantitative estimate of drug-likeness (QED) is 0.765. The lowest BCUT2D eigenvalue weighted by Crippen LogP contribution is -2.32. The molecule has 2 N–H and O–H groups in total. The number of ether oxygens (including phenoxy) is 1. The number of nitrogens with one attached hydrogen (secondary N) is 1. The lowest BCUT2D eigenvalue weighted by molar-refractivity contribution is -0.124. The molecule has 1 unspecified atom stereocenters. The minimum Gasteiger partial charge on any atom is -0.478 e. The van der Waals surface area contributed by atoms with E-state index in [1.807, 2.05) is 0 Å². The molecule has 0 bridgehead atoms. The molecule has 0 saturated carbocycles. The van der Waals surface area contributed by atoms with Crippen molar-refractivity contribution in [2.45, 2.75) is 19.4 Å². The van der Waals surface area contributed by atoms with Gasteiger partial charge in [-0.25, -0.2) is 9.59 Å². The van der Waals surface area contributed by atoms with Gasteiger partial charge in [0.25, 0.3) is 5.91 Å². The largest absolute Gasteiger partial charge is 0.478 e. The summed E-state index contributed by atoms with van der Waals surface area (Å²) >= 11 is 5.79. The number of halogens is 1. The van der Waals surface area contributed by atoms with Crippen LogP contribution >= 0.6 is 11.6 Å². The maximum atomic E-state index is 12.3. The van der Waals surface area contributed by atoms with Crippen molar-refractivity contribution in [3.8, 4) is 0 Å². The number of carbonyl (C=O) groups excluding carboxylic acids is 2. The molecule has 7 nitrogen and oxygen atoms in total. The summed E-state index contributed by atoms with van der Waals surface area (Å²) in [5.74, 6) is -2.42. The first kappa shape index (κ1) is 18.4. The third-order valence-corrected chi connectivity index (χ3v) is 3.62. The monoisotopic (exact) mass is 362 g/mol. The predicted octanol–water partition coefficient (Wildman–Crippen LogP) is 3.01. The molecule has 1 aromatic carbocycles. The Morgan fingerprint density at radius 3 is 2.52 bits per heavy atom. The lowest BCUT2D eigenvalue weighted by Gasteiger charge is -2.16. The van der Waals surface area contributed by atoms with Gasteiger partial charge in [-0.05, 0) is 36.8 Å². The number of pyridine rings is 1. The van der Waals surface area contributed by atoms with Crippen LogP contribution in [0.3, 0.4) is 0 Å². The number of esters is 1. The van der Waals surface area contributed by atoms with Crippen molar-refractivity contribution in [2.24, 2.45) is 0 Å². The first-order valence-corrected chi connectivity index (χ1v) is 7.75. The van der Waals surface area contributed by atoms with E-state index in [4.69, 9.17) is 21.4 Å². The maximum absolute atomic E-state index is 12.3. The number of amides is 1. The van der Waals surface area contributed by atoms with E-state index in [1.54, 1.807) is 6.92 Å². The van der Waals surface area contributed by atoms with Crippen molar-refractivity contribution in [1.29, 1.82) is 0 Å². The third kappa shape index (κ3) is 4.77. The Bertz CT molecular complexity index is 795. The van der Waals surface area contributed by atoms with E-state index in [0.717, 1.165) is 0 Å². The summed E-state index contributed by atoms with van der Waals surface area (Å²) in [6.07, 6.45) is 2.11. The molecule has 1 amide bonds. The van der Waals surface area contributed by atoms with Crippen molar-refractivity contribution in [2.75, 3.05) is 5.32 Å². The van der Waals surface area contributed by atoms with Gasteiger partial charge in [0.2, 0.25) is 0 Å². The molecule has 130 valence electrons. The summed E-state index contributed by atoms with van der Waals surface area (Å²) < 4.78 is 5.20. The van der Waals surface area contributed by atoms with Gasteiger partial charge >= 0.3 is 11.9 Å². The van der Waals surface area contributed by atoms with E-state index in [-0.39, 0.29) is 28.3 Å². The normalized spacial score (nSPS) is 11.4. The Labute approximate surface area is 148 Å². The Balaban J connectivity index is 2.09. The first-order chi connectivity index (χ1) is 11.9. The van der Waals surface area contributed by atoms with Crippen molar-refractivity contribution in [3.63, 3.8) is 0 Å². The Hall–Kier alpha value is -2.93. The van der Waals surface area contributed by atoms with Crippen LogP contribution in [-0.4, -0.2) is 34.0 Å². The number of carboxylic acids is 1. The molecule has 0 fully saturated rings. The molecule has 2 aromatic rings. The molecule has 0 saturated heterocycles. The molecule has 0 aliphatic rings. The maximum Gasteiger partial charge on any atom is 0.339 e. The number of benzene rings is 1. The van der Waals surface area contributed by atoms with Crippen LogP contribution in [0.25, 0.3) is 0 Å². The van der Waals surface area contributed by atoms with E-state index >= 15 is 0 Å². The molecule has 25 heavy (non-hydrogen) atoms. The predicted molar refractivity (Wildman–Crippen MR) is 90.8 cm³/mol. The fraction of sp³-hybridized carbons (Fsp3) is 0.176. The summed E-state index contributed by atoms with van der Waals surface area (Å²) in [4.78, 5) is 39.2. The number of hydrogen-bond acceptors (Lipinski definition) is 5. The third-order valence-electron chi connectivity index (χ3n) is 3.29. The SMILES string of the molecule is CCC(OC(=O)c1ccncc1)C(=O)Nc1ccc(Cl)c(C(=O)O)c1. The van der Waals surface area contributed by atoms with Gasteiger partial charge in [0.1, 0.15) is 0 Å². The number of nitrogens with zero attached hydrogens (tertiary/aromatic N) is 1. The van der Waals surface area contributed by atoms with Gasteiger partial charge in [-0.2, -0.15) is 0 Å². The Morgan fingerprint density at radius 1 is 1.24 bits per heavy atom. The van der Waals surface area contributed by atoms with Crippen LogP contribution in [0.1, 0.15) is 34.1 Å². The van der Waals surface area contributed by atoms with Gasteiger partial charge in [-0.15, -0.1) is 0 Å². The zero-order chi connectivity index (χ0) is 18.4. The van der Waals surface area contributed by atoms with Crippen LogP contribution in [0.5, 0.6) is 0 Å². The lowest BCUT2D eigenvalue weighted by atomic mass is 10.2. The second-order valence-electron chi connectivity index (χ2n) is 5.03. The van der Waals surface area contributed by atoms with Crippen LogP contribution < -0.4 is 5.32 Å². The van der Waals surface area contributed by atoms with E-state index in [0.29, 0.717) is 0 Å². The molecule has 1 atom stereocenters. The molecule has 0 aliphatic carbocycles. The van der Waals surface area contributed by atoms with Gasteiger partial charge in [0.05, 0.1) is 16.1 Å². The van der Waals surface area contributed by atoms with Gasteiger partial charge in [0, 0.05) is 18.1 Å². The van der Waals surface area contributed by atoms with Crippen LogP contribution in [0.4, 0.5) is 5.69 Å². The second-order valence-corrected chi connectivity index (χ2v) is 5.43. The van der Waals surface area contributed by atoms with Crippen molar-refractivity contribution in [1.82, 2.24) is 4.98 Å². The summed E-state index contributed by atoms with van der Waals surface area (Å²) in [5, 5.41) is 11.6. The van der Waals surface area contributed by atoms with Crippen LogP contribution in [0.15, 0.2) is 42.7 Å². The van der Waals surface area contributed by atoms with Crippen LogP contribution in [0, 0.1) is 0 Å². The standard InChI is InChI=1S/C17H15ClN2O5/c1-2-14(25-17(24)10-5-7-19-8-6-10)15(21)20-11-3-4-13(18)12(9-11)16(22)23/h3-9,14H,2H2,1H3,(H,20,21)(H,22,23). The van der Waals surface area contributed by atoms with Gasteiger partial charge in [-0.3, -0.25) is 9.78 Å². The van der Waals surface area contributed by atoms with E-state index in [1.165, 1.54) is 42.7 Å². The number of rotatable bonds is 6. The Morgan fingerprint density at radius 2 is 1.92 bits per heavy atom. The number of hydrogen-bond donors (Lipinski definition) is 2. The molecule has 1 aromatic heterocycles. The summed E-state index contributed by atoms with van der Waals surface area (Å²) in [6.45, 7) is 1.69. The van der Waals surface area contributed by atoms with Crippen LogP contribution in [-0.2, 0) is 9.53 Å². The number of aromatic carboxylic acids is 1. The molecule has 0 spiro atoms. The molecule has 0 aliphatic heterocycles. The fourth-order valence-corrected chi connectivity index (χ4v) is 2.20. The number of carboxylic acid groups (broad SMARTS) is 1. The van der Waals surface area contributed by atoms with E-state index < -0.39 is 23.9 Å². The number of aromatic nitrogens is 1. The average Bonchev–Trinajstić information content (AvgIpc) is 2.61.